The molecule has 2 N–H and O–H groups in total. The Hall–Kier alpha value is -2.34. The summed E-state index contributed by atoms with van der Waals surface area (Å²) in [5, 5.41) is 17.1. The van der Waals surface area contributed by atoms with Gasteiger partial charge in [0.15, 0.2) is 0 Å². The van der Waals surface area contributed by atoms with E-state index in [1.165, 1.54) is 0 Å². The number of carbonyl (C=O) groups excluding carboxylic acids is 1. The zero-order chi connectivity index (χ0) is 17.0. The fourth-order valence-electron chi connectivity index (χ4n) is 2.48. The summed E-state index contributed by atoms with van der Waals surface area (Å²) in [4.78, 5) is 14.3. The van der Waals surface area contributed by atoms with Crippen LogP contribution in [-0.4, -0.2) is 46.3 Å². The van der Waals surface area contributed by atoms with Crippen molar-refractivity contribution in [1.82, 2.24) is 20.0 Å². The van der Waals surface area contributed by atoms with Crippen LogP contribution in [0.2, 0.25) is 0 Å². The number of likely N-dealkylation sites (N-methyl/N-ethyl adjacent to an activating group) is 1. The van der Waals surface area contributed by atoms with Crippen LogP contribution >= 0.6 is 0 Å². The summed E-state index contributed by atoms with van der Waals surface area (Å²) in [6.07, 6.45) is 4.55. The van der Waals surface area contributed by atoms with Crippen molar-refractivity contribution >= 4 is 5.91 Å². The Morgan fingerprint density at radius 1 is 1.43 bits per heavy atom. The fourth-order valence-corrected chi connectivity index (χ4v) is 2.48. The highest BCUT2D eigenvalue weighted by molar-refractivity contribution is 5.96. The summed E-state index contributed by atoms with van der Waals surface area (Å²) in [5.74, 6) is -0.259. The molecule has 0 saturated heterocycles. The molecule has 1 amide bonds. The van der Waals surface area contributed by atoms with Gasteiger partial charge in [-0.25, -0.2) is 0 Å². The number of phenols is 1. The molecule has 0 fully saturated rings. The second-order valence-electron chi connectivity index (χ2n) is 5.84. The van der Waals surface area contributed by atoms with Gasteiger partial charge >= 0.3 is 0 Å². The number of carbonyl (C=O) groups is 1. The standard InChI is InChI=1S/C17H24N4O2/c1-5-12-6-7-14(16(22)8-12)17(23)18-10-15(20(2)3)13-9-19-21(4)11-13/h6-9,11,15,22H,5,10H2,1-4H3,(H,18,23). The van der Waals surface area contributed by atoms with E-state index < -0.39 is 0 Å². The third kappa shape index (κ3) is 4.10. The third-order valence-electron chi connectivity index (χ3n) is 3.90. The van der Waals surface area contributed by atoms with Gasteiger partial charge in [-0.3, -0.25) is 9.48 Å². The second kappa shape index (κ2) is 7.28. The summed E-state index contributed by atoms with van der Waals surface area (Å²) in [6.45, 7) is 2.44. The fraction of sp³-hybridized carbons (Fsp3) is 0.412. The van der Waals surface area contributed by atoms with Crippen molar-refractivity contribution in [3.05, 3.63) is 47.3 Å². The minimum absolute atomic E-state index is 0.0182. The molecule has 1 unspecified atom stereocenters. The van der Waals surface area contributed by atoms with Crippen molar-refractivity contribution in [2.75, 3.05) is 20.6 Å². The molecular formula is C17H24N4O2. The van der Waals surface area contributed by atoms with E-state index in [0.29, 0.717) is 12.1 Å². The van der Waals surface area contributed by atoms with Gasteiger partial charge in [0.05, 0.1) is 17.8 Å². The molecule has 0 radical (unpaired) electrons. The van der Waals surface area contributed by atoms with Crippen molar-refractivity contribution in [3.8, 4) is 5.75 Å². The number of nitrogens with zero attached hydrogens (tertiary/aromatic N) is 3. The normalized spacial score (nSPS) is 12.4. The first-order valence-electron chi connectivity index (χ1n) is 7.67. The summed E-state index contributed by atoms with van der Waals surface area (Å²) >= 11 is 0. The molecule has 23 heavy (non-hydrogen) atoms. The summed E-state index contributed by atoms with van der Waals surface area (Å²) in [6, 6.07) is 5.18. The Morgan fingerprint density at radius 3 is 2.70 bits per heavy atom. The lowest BCUT2D eigenvalue weighted by atomic mass is 10.1. The van der Waals surface area contributed by atoms with Crippen molar-refractivity contribution in [2.45, 2.75) is 19.4 Å². The molecule has 1 heterocycles. The number of rotatable bonds is 6. The van der Waals surface area contributed by atoms with E-state index in [2.05, 4.69) is 10.4 Å². The number of aryl methyl sites for hydroxylation is 2. The van der Waals surface area contributed by atoms with Crippen molar-refractivity contribution in [2.24, 2.45) is 7.05 Å². The van der Waals surface area contributed by atoms with Gasteiger partial charge in [0.25, 0.3) is 5.91 Å². The lowest BCUT2D eigenvalue weighted by Crippen LogP contribution is -2.34. The molecule has 0 aliphatic heterocycles. The van der Waals surface area contributed by atoms with Crippen LogP contribution in [0.25, 0.3) is 0 Å². The number of hydrogen-bond donors (Lipinski definition) is 2. The Kier molecular flexibility index (Phi) is 5.39. The maximum absolute atomic E-state index is 12.3. The Labute approximate surface area is 136 Å². The molecule has 6 nitrogen and oxygen atoms in total. The summed E-state index contributed by atoms with van der Waals surface area (Å²) in [5.41, 5.74) is 2.33. The van der Waals surface area contributed by atoms with Crippen LogP contribution in [0.15, 0.2) is 30.6 Å². The molecule has 0 saturated carbocycles. The molecule has 2 rings (SSSR count). The monoisotopic (exact) mass is 316 g/mol. The van der Waals surface area contributed by atoms with Gasteiger partial charge in [0.1, 0.15) is 5.75 Å². The predicted molar refractivity (Wildman–Crippen MR) is 89.5 cm³/mol. The average molecular weight is 316 g/mol. The Balaban J connectivity index is 2.07. The van der Waals surface area contributed by atoms with Gasteiger partial charge in [-0.05, 0) is 38.2 Å². The van der Waals surface area contributed by atoms with Crippen molar-refractivity contribution in [3.63, 3.8) is 0 Å². The van der Waals surface area contributed by atoms with Crippen LogP contribution in [0.4, 0.5) is 0 Å². The zero-order valence-electron chi connectivity index (χ0n) is 14.1. The number of aromatic nitrogens is 2. The first-order chi connectivity index (χ1) is 10.9. The molecule has 0 aliphatic carbocycles. The summed E-state index contributed by atoms with van der Waals surface area (Å²) < 4.78 is 1.74. The first kappa shape index (κ1) is 17.0. The van der Waals surface area contributed by atoms with Crippen LogP contribution in [0.5, 0.6) is 5.75 Å². The lowest BCUT2D eigenvalue weighted by molar-refractivity contribution is 0.0939. The molecule has 2 aromatic rings. The Bertz CT molecular complexity index is 679. The van der Waals surface area contributed by atoms with E-state index in [-0.39, 0.29) is 17.7 Å². The maximum Gasteiger partial charge on any atom is 0.255 e. The minimum Gasteiger partial charge on any atom is -0.507 e. The molecule has 0 bridgehead atoms. The quantitative estimate of drug-likeness (QED) is 0.851. The van der Waals surface area contributed by atoms with E-state index in [9.17, 15) is 9.90 Å². The molecule has 0 aliphatic rings. The topological polar surface area (TPSA) is 70.4 Å². The summed E-state index contributed by atoms with van der Waals surface area (Å²) in [7, 11) is 5.77. The SMILES string of the molecule is CCc1ccc(C(=O)NCC(c2cnn(C)c2)N(C)C)c(O)c1. The number of nitrogens with one attached hydrogen (secondary N) is 1. The molecule has 124 valence electrons. The number of amides is 1. The number of phenolic OH excluding ortho intramolecular Hbond substituents is 1. The zero-order valence-corrected chi connectivity index (χ0v) is 14.1. The van der Waals surface area contributed by atoms with Crippen LogP contribution in [0.1, 0.15) is 34.5 Å². The van der Waals surface area contributed by atoms with Crippen molar-refractivity contribution < 1.29 is 9.90 Å². The highest BCUT2D eigenvalue weighted by Gasteiger charge is 2.18. The van der Waals surface area contributed by atoms with Gasteiger partial charge in [-0.1, -0.05) is 13.0 Å². The van der Waals surface area contributed by atoms with E-state index >= 15 is 0 Å². The van der Waals surface area contributed by atoms with E-state index in [1.54, 1.807) is 23.0 Å². The van der Waals surface area contributed by atoms with Crippen LogP contribution in [0.3, 0.4) is 0 Å². The second-order valence-corrected chi connectivity index (χ2v) is 5.84. The van der Waals surface area contributed by atoms with Crippen LogP contribution in [-0.2, 0) is 13.5 Å². The third-order valence-corrected chi connectivity index (χ3v) is 3.90. The maximum atomic E-state index is 12.3. The lowest BCUT2D eigenvalue weighted by Gasteiger charge is -2.23. The average Bonchev–Trinajstić information content (AvgIpc) is 2.92. The number of benzene rings is 1. The molecular weight excluding hydrogens is 292 g/mol. The molecule has 1 atom stereocenters. The van der Waals surface area contributed by atoms with Gasteiger partial charge < -0.3 is 15.3 Å². The van der Waals surface area contributed by atoms with Gasteiger partial charge in [-0.15, -0.1) is 0 Å². The molecule has 0 spiro atoms. The smallest absolute Gasteiger partial charge is 0.255 e. The molecule has 6 heteroatoms. The highest BCUT2D eigenvalue weighted by Crippen LogP contribution is 2.20. The first-order valence-corrected chi connectivity index (χ1v) is 7.67. The number of hydrogen-bond acceptors (Lipinski definition) is 4. The Morgan fingerprint density at radius 2 is 2.17 bits per heavy atom. The minimum atomic E-state index is -0.277. The van der Waals surface area contributed by atoms with E-state index in [0.717, 1.165) is 17.5 Å². The van der Waals surface area contributed by atoms with E-state index in [1.807, 2.05) is 45.2 Å². The molecule has 1 aromatic carbocycles. The predicted octanol–water partition coefficient (Wildman–Crippen LogP) is 1.72. The van der Waals surface area contributed by atoms with Gasteiger partial charge in [0.2, 0.25) is 0 Å². The van der Waals surface area contributed by atoms with E-state index in [4.69, 9.17) is 0 Å². The molecule has 1 aromatic heterocycles. The van der Waals surface area contributed by atoms with Gasteiger partial charge in [0, 0.05) is 25.4 Å². The number of aromatic hydroxyl groups is 1. The van der Waals surface area contributed by atoms with Gasteiger partial charge in [-0.2, -0.15) is 5.10 Å². The van der Waals surface area contributed by atoms with Crippen molar-refractivity contribution in [1.29, 1.82) is 0 Å². The largest absolute Gasteiger partial charge is 0.507 e. The van der Waals surface area contributed by atoms with Crippen LogP contribution in [0, 0.1) is 0 Å². The highest BCUT2D eigenvalue weighted by atomic mass is 16.3. The van der Waals surface area contributed by atoms with Crippen LogP contribution < -0.4 is 5.32 Å².